The minimum absolute atomic E-state index is 0.222. The van der Waals surface area contributed by atoms with Gasteiger partial charge in [0.25, 0.3) is 5.56 Å². The Kier molecular flexibility index (Phi) is 5.19. The van der Waals surface area contributed by atoms with Gasteiger partial charge in [0.2, 0.25) is 0 Å². The van der Waals surface area contributed by atoms with Crippen molar-refractivity contribution < 1.29 is 0 Å². The van der Waals surface area contributed by atoms with Crippen LogP contribution in [0.5, 0.6) is 0 Å². The van der Waals surface area contributed by atoms with Gasteiger partial charge in [-0.15, -0.1) is 0 Å². The standard InChI is InChI=1S/C15H23N5O2/c1-4-7-20-14(21)13(16-8-11-9-17-18-10-11)12(5-2)19(6-3)15(20)22/h9-10,16H,4-8H2,1-3H3,(H,17,18). The van der Waals surface area contributed by atoms with Gasteiger partial charge in [-0.25, -0.2) is 4.79 Å². The van der Waals surface area contributed by atoms with Crippen molar-refractivity contribution in [2.45, 2.75) is 53.2 Å². The lowest BCUT2D eigenvalue weighted by molar-refractivity contribution is 0.544. The number of nitrogens with zero attached hydrogens (tertiary/aromatic N) is 3. The summed E-state index contributed by atoms with van der Waals surface area (Å²) in [6, 6.07) is 0. The van der Waals surface area contributed by atoms with Crippen molar-refractivity contribution in [1.82, 2.24) is 19.3 Å². The van der Waals surface area contributed by atoms with E-state index in [0.717, 1.165) is 17.7 Å². The van der Waals surface area contributed by atoms with Crippen LogP contribution in [0.15, 0.2) is 22.0 Å². The SMILES string of the molecule is CCCn1c(=O)c(NCc2cn[nH]c2)c(CC)n(CC)c1=O. The van der Waals surface area contributed by atoms with E-state index in [1.807, 2.05) is 20.8 Å². The molecule has 7 heteroatoms. The van der Waals surface area contributed by atoms with Gasteiger partial charge in [-0.1, -0.05) is 13.8 Å². The second-order valence-electron chi connectivity index (χ2n) is 5.12. The predicted octanol–water partition coefficient (Wildman–Crippen LogP) is 1.34. The maximum atomic E-state index is 12.7. The van der Waals surface area contributed by atoms with E-state index in [1.54, 1.807) is 17.0 Å². The first-order valence-corrected chi connectivity index (χ1v) is 7.71. The number of anilines is 1. The van der Waals surface area contributed by atoms with Crippen molar-refractivity contribution in [3.63, 3.8) is 0 Å². The van der Waals surface area contributed by atoms with E-state index < -0.39 is 0 Å². The Hall–Kier alpha value is -2.31. The van der Waals surface area contributed by atoms with Crippen molar-refractivity contribution in [2.24, 2.45) is 0 Å². The van der Waals surface area contributed by atoms with Crippen molar-refractivity contribution in [2.75, 3.05) is 5.32 Å². The molecule has 0 spiro atoms. The first-order valence-electron chi connectivity index (χ1n) is 7.71. The van der Waals surface area contributed by atoms with Gasteiger partial charge in [0, 0.05) is 31.4 Å². The lowest BCUT2D eigenvalue weighted by atomic mass is 10.2. The van der Waals surface area contributed by atoms with Gasteiger partial charge in [0.1, 0.15) is 5.69 Å². The van der Waals surface area contributed by atoms with Crippen LogP contribution in [0.25, 0.3) is 0 Å². The Bertz CT molecular complexity index is 728. The van der Waals surface area contributed by atoms with Crippen LogP contribution in [-0.4, -0.2) is 19.3 Å². The molecular weight excluding hydrogens is 282 g/mol. The molecule has 0 bridgehead atoms. The summed E-state index contributed by atoms with van der Waals surface area (Å²) in [5, 5.41) is 9.82. The monoisotopic (exact) mass is 305 g/mol. The summed E-state index contributed by atoms with van der Waals surface area (Å²) in [5.74, 6) is 0. The molecule has 0 saturated heterocycles. The molecule has 0 saturated carbocycles. The van der Waals surface area contributed by atoms with Gasteiger partial charge < -0.3 is 5.32 Å². The molecule has 22 heavy (non-hydrogen) atoms. The molecule has 0 amide bonds. The van der Waals surface area contributed by atoms with Crippen LogP contribution in [-0.2, 0) is 26.1 Å². The lowest BCUT2D eigenvalue weighted by Gasteiger charge is -2.18. The first kappa shape index (κ1) is 16.1. The molecule has 0 aromatic carbocycles. The van der Waals surface area contributed by atoms with Crippen molar-refractivity contribution in [1.29, 1.82) is 0 Å². The second-order valence-corrected chi connectivity index (χ2v) is 5.12. The molecular formula is C15H23N5O2. The fourth-order valence-corrected chi connectivity index (χ4v) is 2.60. The molecule has 120 valence electrons. The van der Waals surface area contributed by atoms with Crippen LogP contribution >= 0.6 is 0 Å². The highest BCUT2D eigenvalue weighted by molar-refractivity contribution is 5.47. The summed E-state index contributed by atoms with van der Waals surface area (Å²) in [7, 11) is 0. The van der Waals surface area contributed by atoms with Crippen LogP contribution in [0.3, 0.4) is 0 Å². The summed E-state index contributed by atoms with van der Waals surface area (Å²) in [4.78, 5) is 25.1. The Morgan fingerprint density at radius 2 is 2.00 bits per heavy atom. The van der Waals surface area contributed by atoms with Crippen molar-refractivity contribution >= 4 is 5.69 Å². The molecule has 0 fully saturated rings. The first-order chi connectivity index (χ1) is 10.6. The number of rotatable bonds is 7. The van der Waals surface area contributed by atoms with E-state index >= 15 is 0 Å². The number of hydrogen-bond acceptors (Lipinski definition) is 4. The van der Waals surface area contributed by atoms with E-state index in [4.69, 9.17) is 0 Å². The second kappa shape index (κ2) is 7.11. The summed E-state index contributed by atoms with van der Waals surface area (Å²) in [5.41, 5.74) is 1.77. The molecule has 2 N–H and O–H groups in total. The van der Waals surface area contributed by atoms with E-state index in [0.29, 0.717) is 31.7 Å². The molecule has 0 aliphatic rings. The van der Waals surface area contributed by atoms with E-state index in [9.17, 15) is 9.59 Å². The van der Waals surface area contributed by atoms with Gasteiger partial charge in [-0.2, -0.15) is 5.10 Å². The molecule has 7 nitrogen and oxygen atoms in total. The molecule has 2 aromatic rings. The Balaban J connectivity index is 2.51. The third kappa shape index (κ3) is 2.98. The van der Waals surface area contributed by atoms with Gasteiger partial charge >= 0.3 is 5.69 Å². The number of H-pyrrole nitrogens is 1. The average molecular weight is 305 g/mol. The summed E-state index contributed by atoms with van der Waals surface area (Å²) in [6.45, 7) is 7.30. The molecule has 0 radical (unpaired) electrons. The van der Waals surface area contributed by atoms with E-state index in [2.05, 4.69) is 15.5 Å². The molecule has 0 aliphatic carbocycles. The van der Waals surface area contributed by atoms with Gasteiger partial charge in [0.15, 0.2) is 0 Å². The predicted molar refractivity (Wildman–Crippen MR) is 86.2 cm³/mol. The summed E-state index contributed by atoms with van der Waals surface area (Å²) < 4.78 is 3.00. The normalized spacial score (nSPS) is 10.9. The van der Waals surface area contributed by atoms with E-state index in [-0.39, 0.29) is 11.2 Å². The van der Waals surface area contributed by atoms with E-state index in [1.165, 1.54) is 4.57 Å². The quantitative estimate of drug-likeness (QED) is 0.808. The maximum Gasteiger partial charge on any atom is 0.331 e. The number of hydrogen-bond donors (Lipinski definition) is 2. The summed E-state index contributed by atoms with van der Waals surface area (Å²) >= 11 is 0. The highest BCUT2D eigenvalue weighted by Crippen LogP contribution is 2.11. The van der Waals surface area contributed by atoms with Crippen LogP contribution in [0.2, 0.25) is 0 Å². The number of nitrogens with one attached hydrogen (secondary N) is 2. The third-order valence-electron chi connectivity index (χ3n) is 3.66. The zero-order chi connectivity index (χ0) is 16.1. The van der Waals surface area contributed by atoms with Gasteiger partial charge in [0.05, 0.1) is 11.9 Å². The molecule has 0 atom stereocenters. The topological polar surface area (TPSA) is 84.7 Å². The van der Waals surface area contributed by atoms with Crippen molar-refractivity contribution in [3.05, 3.63) is 44.5 Å². The van der Waals surface area contributed by atoms with Gasteiger partial charge in [-0.05, 0) is 19.8 Å². The molecule has 0 aliphatic heterocycles. The number of aromatic amines is 1. The smallest absolute Gasteiger partial charge is 0.331 e. The minimum atomic E-state index is -0.239. The Morgan fingerprint density at radius 3 is 2.55 bits per heavy atom. The molecule has 0 unspecified atom stereocenters. The fourth-order valence-electron chi connectivity index (χ4n) is 2.60. The van der Waals surface area contributed by atoms with Crippen LogP contribution in [0.1, 0.15) is 38.4 Å². The highest BCUT2D eigenvalue weighted by atomic mass is 16.2. The molecule has 2 heterocycles. The zero-order valence-electron chi connectivity index (χ0n) is 13.3. The maximum absolute atomic E-state index is 12.7. The van der Waals surface area contributed by atoms with Crippen molar-refractivity contribution in [3.8, 4) is 0 Å². The summed E-state index contributed by atoms with van der Waals surface area (Å²) in [6.07, 6.45) is 4.85. The average Bonchev–Trinajstić information content (AvgIpc) is 3.03. The fraction of sp³-hybridized carbons (Fsp3) is 0.533. The van der Waals surface area contributed by atoms with Crippen LogP contribution < -0.4 is 16.6 Å². The lowest BCUT2D eigenvalue weighted by Crippen LogP contribution is -2.42. The molecule has 2 aromatic heterocycles. The zero-order valence-corrected chi connectivity index (χ0v) is 13.3. The Labute approximate surface area is 129 Å². The van der Waals surface area contributed by atoms with Gasteiger partial charge in [-0.3, -0.25) is 19.0 Å². The largest absolute Gasteiger partial charge is 0.375 e. The molecule has 2 rings (SSSR count). The van der Waals surface area contributed by atoms with Crippen LogP contribution in [0, 0.1) is 0 Å². The minimum Gasteiger partial charge on any atom is -0.375 e. The Morgan fingerprint density at radius 1 is 1.23 bits per heavy atom. The third-order valence-corrected chi connectivity index (χ3v) is 3.66. The highest BCUT2D eigenvalue weighted by Gasteiger charge is 2.16. The van der Waals surface area contributed by atoms with Crippen LogP contribution in [0.4, 0.5) is 5.69 Å². The number of aromatic nitrogens is 4.